The van der Waals surface area contributed by atoms with Gasteiger partial charge in [0.15, 0.2) is 5.11 Å². The Kier molecular flexibility index (Phi) is 5.16. The summed E-state index contributed by atoms with van der Waals surface area (Å²) in [6.45, 7) is 2.39. The maximum absolute atomic E-state index is 11.6. The minimum atomic E-state index is 0.106. The van der Waals surface area contributed by atoms with Crippen molar-refractivity contribution < 1.29 is 4.79 Å². The molecule has 2 aliphatic rings. The molecule has 0 unspecified atom stereocenters. The molecule has 2 N–H and O–H groups in total. The summed E-state index contributed by atoms with van der Waals surface area (Å²) in [6, 6.07) is 6.63. The van der Waals surface area contributed by atoms with Crippen molar-refractivity contribution in [2.24, 2.45) is 0 Å². The number of amides is 1. The number of hydrogen-bond donors (Lipinski definition) is 2. The average Bonchev–Trinajstić information content (AvgIpc) is 2.77. The number of thiocarbonyl (C=S) groups is 1. The van der Waals surface area contributed by atoms with E-state index in [-0.39, 0.29) is 5.91 Å². The van der Waals surface area contributed by atoms with Gasteiger partial charge in [0.25, 0.3) is 0 Å². The first-order chi connectivity index (χ1) is 11.1. The predicted octanol–water partition coefficient (Wildman–Crippen LogP) is 3.60. The lowest BCUT2D eigenvalue weighted by atomic mass is 10.1. The van der Waals surface area contributed by atoms with E-state index < -0.39 is 0 Å². The van der Waals surface area contributed by atoms with Gasteiger partial charge in [-0.05, 0) is 55.2 Å². The summed E-state index contributed by atoms with van der Waals surface area (Å²) in [4.78, 5) is 13.4. The lowest BCUT2D eigenvalue weighted by Gasteiger charge is -2.19. The van der Waals surface area contributed by atoms with Gasteiger partial charge in [-0.3, -0.25) is 4.79 Å². The van der Waals surface area contributed by atoms with Gasteiger partial charge in [-0.15, -0.1) is 0 Å². The van der Waals surface area contributed by atoms with Crippen molar-refractivity contribution in [3.63, 3.8) is 0 Å². The number of fused-ring (bicyclic) bond motifs is 1. The molecule has 0 saturated heterocycles. The van der Waals surface area contributed by atoms with Crippen LogP contribution in [-0.2, 0) is 11.2 Å². The highest BCUT2D eigenvalue weighted by molar-refractivity contribution is 7.80. The molecule has 1 aromatic rings. The molecule has 0 aromatic heterocycles. The number of anilines is 2. The van der Waals surface area contributed by atoms with Crippen LogP contribution in [0.3, 0.4) is 0 Å². The van der Waals surface area contributed by atoms with Crippen molar-refractivity contribution in [3.05, 3.63) is 23.8 Å². The predicted molar refractivity (Wildman–Crippen MR) is 99.0 cm³/mol. The third-order valence-corrected chi connectivity index (χ3v) is 5.02. The van der Waals surface area contributed by atoms with Gasteiger partial charge in [0.2, 0.25) is 5.91 Å². The molecule has 0 atom stereocenters. The smallest absolute Gasteiger partial charge is 0.223 e. The van der Waals surface area contributed by atoms with Gasteiger partial charge < -0.3 is 15.5 Å². The molecule has 1 saturated carbocycles. The van der Waals surface area contributed by atoms with Crippen molar-refractivity contribution >= 4 is 34.6 Å². The van der Waals surface area contributed by atoms with Crippen LogP contribution in [0.5, 0.6) is 0 Å². The SMILES string of the molecule is CC(=O)N1CCc2cc(NC(=S)NC3CCCCCC3)ccc21. The number of rotatable bonds is 2. The first kappa shape index (κ1) is 16.2. The fourth-order valence-corrected chi connectivity index (χ4v) is 3.87. The van der Waals surface area contributed by atoms with Crippen LogP contribution < -0.4 is 15.5 Å². The van der Waals surface area contributed by atoms with Crippen LogP contribution in [0.4, 0.5) is 11.4 Å². The molecule has 5 heteroatoms. The summed E-state index contributed by atoms with van der Waals surface area (Å²) < 4.78 is 0. The minimum absolute atomic E-state index is 0.106. The monoisotopic (exact) mass is 331 g/mol. The molecule has 4 nitrogen and oxygen atoms in total. The quantitative estimate of drug-likeness (QED) is 0.642. The maximum Gasteiger partial charge on any atom is 0.223 e. The number of nitrogens with zero attached hydrogens (tertiary/aromatic N) is 1. The molecule has 1 amide bonds. The number of benzene rings is 1. The summed E-state index contributed by atoms with van der Waals surface area (Å²) in [6.07, 6.45) is 8.60. The molecule has 3 rings (SSSR count). The number of carbonyl (C=O) groups is 1. The maximum atomic E-state index is 11.6. The van der Waals surface area contributed by atoms with E-state index >= 15 is 0 Å². The summed E-state index contributed by atoms with van der Waals surface area (Å²) in [5.41, 5.74) is 3.24. The van der Waals surface area contributed by atoms with E-state index in [0.717, 1.165) is 24.3 Å². The van der Waals surface area contributed by atoms with Crippen molar-refractivity contribution in [2.45, 2.75) is 57.9 Å². The molecule has 1 heterocycles. The van der Waals surface area contributed by atoms with E-state index in [2.05, 4.69) is 16.7 Å². The second kappa shape index (κ2) is 7.30. The summed E-state index contributed by atoms with van der Waals surface area (Å²) >= 11 is 5.47. The first-order valence-electron chi connectivity index (χ1n) is 8.62. The molecule has 0 spiro atoms. The van der Waals surface area contributed by atoms with Crippen molar-refractivity contribution in [1.82, 2.24) is 5.32 Å². The van der Waals surface area contributed by atoms with Gasteiger partial charge in [0.1, 0.15) is 0 Å². The molecule has 1 aliphatic carbocycles. The van der Waals surface area contributed by atoms with Crippen molar-refractivity contribution in [2.75, 3.05) is 16.8 Å². The highest BCUT2D eigenvalue weighted by atomic mass is 32.1. The van der Waals surface area contributed by atoms with Crippen molar-refractivity contribution in [1.29, 1.82) is 0 Å². The Bertz CT molecular complexity index is 594. The molecule has 0 radical (unpaired) electrons. The standard InChI is InChI=1S/C18H25N3OS/c1-13(22)21-11-10-14-12-16(8-9-17(14)21)20-18(23)19-15-6-4-2-3-5-7-15/h8-9,12,15H,2-7,10-11H2,1H3,(H2,19,20,23). The molecule has 0 bridgehead atoms. The average molecular weight is 331 g/mol. The Labute approximate surface area is 143 Å². The van der Waals surface area contributed by atoms with E-state index in [9.17, 15) is 4.79 Å². The van der Waals surface area contributed by atoms with Gasteiger partial charge >= 0.3 is 0 Å². The third-order valence-electron chi connectivity index (χ3n) is 4.80. The summed E-state index contributed by atoms with van der Waals surface area (Å²) in [7, 11) is 0. The highest BCUT2D eigenvalue weighted by Crippen LogP contribution is 2.30. The van der Waals surface area contributed by atoms with E-state index in [1.165, 1.54) is 44.1 Å². The minimum Gasteiger partial charge on any atom is -0.360 e. The number of carbonyl (C=O) groups excluding carboxylic acids is 1. The zero-order valence-corrected chi connectivity index (χ0v) is 14.5. The van der Waals surface area contributed by atoms with Crippen LogP contribution in [-0.4, -0.2) is 23.6 Å². The van der Waals surface area contributed by atoms with E-state index in [1.807, 2.05) is 17.0 Å². The Morgan fingerprint density at radius 1 is 1.22 bits per heavy atom. The zero-order valence-electron chi connectivity index (χ0n) is 13.7. The lowest BCUT2D eigenvalue weighted by molar-refractivity contribution is -0.116. The van der Waals surface area contributed by atoms with Crippen LogP contribution in [0, 0.1) is 0 Å². The highest BCUT2D eigenvalue weighted by Gasteiger charge is 2.22. The molecule has 1 aromatic carbocycles. The Balaban J connectivity index is 1.60. The Morgan fingerprint density at radius 3 is 2.65 bits per heavy atom. The lowest BCUT2D eigenvalue weighted by Crippen LogP contribution is -2.37. The van der Waals surface area contributed by atoms with E-state index in [0.29, 0.717) is 11.2 Å². The van der Waals surface area contributed by atoms with Gasteiger partial charge in [0, 0.05) is 30.9 Å². The van der Waals surface area contributed by atoms with Crippen LogP contribution in [0.2, 0.25) is 0 Å². The van der Waals surface area contributed by atoms with Crippen LogP contribution in [0.15, 0.2) is 18.2 Å². The van der Waals surface area contributed by atoms with Gasteiger partial charge in [-0.2, -0.15) is 0 Å². The normalized spacial score (nSPS) is 18.2. The number of nitrogens with one attached hydrogen (secondary N) is 2. The zero-order chi connectivity index (χ0) is 16.2. The van der Waals surface area contributed by atoms with Gasteiger partial charge in [-0.1, -0.05) is 25.7 Å². The Morgan fingerprint density at radius 2 is 1.96 bits per heavy atom. The molecule has 23 heavy (non-hydrogen) atoms. The van der Waals surface area contributed by atoms with Crippen LogP contribution in [0.1, 0.15) is 51.0 Å². The largest absolute Gasteiger partial charge is 0.360 e. The van der Waals surface area contributed by atoms with Gasteiger partial charge in [-0.25, -0.2) is 0 Å². The van der Waals surface area contributed by atoms with Crippen LogP contribution in [0.25, 0.3) is 0 Å². The molecular formula is C18H25N3OS. The second-order valence-electron chi connectivity index (χ2n) is 6.55. The fraction of sp³-hybridized carbons (Fsp3) is 0.556. The third kappa shape index (κ3) is 4.02. The van der Waals surface area contributed by atoms with E-state index in [1.54, 1.807) is 6.92 Å². The Hall–Kier alpha value is -1.62. The molecule has 124 valence electrons. The fourth-order valence-electron chi connectivity index (χ4n) is 3.58. The van der Waals surface area contributed by atoms with Gasteiger partial charge in [0.05, 0.1) is 0 Å². The van der Waals surface area contributed by atoms with Crippen molar-refractivity contribution in [3.8, 4) is 0 Å². The molecule has 1 aliphatic heterocycles. The first-order valence-corrected chi connectivity index (χ1v) is 9.03. The molecular weight excluding hydrogens is 306 g/mol. The second-order valence-corrected chi connectivity index (χ2v) is 6.96. The summed E-state index contributed by atoms with van der Waals surface area (Å²) in [5.74, 6) is 0.106. The topological polar surface area (TPSA) is 44.4 Å². The molecule has 1 fully saturated rings. The van der Waals surface area contributed by atoms with E-state index in [4.69, 9.17) is 12.2 Å². The number of hydrogen-bond acceptors (Lipinski definition) is 2. The van der Waals surface area contributed by atoms with Crippen LogP contribution >= 0.6 is 12.2 Å². The summed E-state index contributed by atoms with van der Waals surface area (Å²) in [5, 5.41) is 7.46.